The molecule has 0 bridgehead atoms. The third-order valence-electron chi connectivity index (χ3n) is 22.4. The van der Waals surface area contributed by atoms with Crippen LogP contribution in [0.4, 0.5) is 0 Å². The van der Waals surface area contributed by atoms with Crippen molar-refractivity contribution in [2.24, 2.45) is 0 Å². The number of carboxylic acid groups (broad SMARTS) is 8. The highest BCUT2D eigenvalue weighted by Crippen LogP contribution is 2.50. The van der Waals surface area contributed by atoms with Crippen molar-refractivity contribution in [1.29, 1.82) is 0 Å². The quantitative estimate of drug-likeness (QED) is 0.105. The SMILES string of the molecule is Cc1c(C(=O)[O-])c(C)c2c(C)c(C)c3c(C)c(C(=O)[O-])c(C)c4c(C)c(C)c1c2c43.Cc1c(C)c(-c2c(C)c(C)c(-c3c(C)c(C)c(C(=O)[O-])c(C)c3C)c(C)c2C)c(C)c(C)c1C(=O)[O-].O=C([O-])c1ccc(-c2ccc(-c3ccc(C(=O)O)cc3)cc2)cc1.O=C([O-])c1ccc(-c2ccc(C(=O)[O-])cc2)cc1. The van der Waals surface area contributed by atoms with Crippen molar-refractivity contribution in [2.45, 2.75) is 138 Å². The van der Waals surface area contributed by atoms with Gasteiger partial charge in [0.2, 0.25) is 0 Å². The third kappa shape index (κ3) is 14.2. The van der Waals surface area contributed by atoms with Gasteiger partial charge in [-0.15, -0.1) is 0 Å². The Hall–Kier alpha value is -12.6. The summed E-state index contributed by atoms with van der Waals surface area (Å²) in [5.41, 5.74) is 29.4. The molecule has 0 aromatic heterocycles. The van der Waals surface area contributed by atoms with E-state index < -0.39 is 47.8 Å². The normalized spacial score (nSPS) is 11.0. The van der Waals surface area contributed by atoms with Crippen LogP contribution in [0.25, 0.3) is 88.0 Å². The number of hydrogen-bond acceptors (Lipinski definition) is 15. The molecule has 0 spiro atoms. The van der Waals surface area contributed by atoms with E-state index in [1.807, 2.05) is 135 Å². The average molecular weight is 1440 g/mol. The van der Waals surface area contributed by atoms with Gasteiger partial charge in [0.1, 0.15) is 0 Å². The molecule has 0 fully saturated rings. The molecule has 0 aliphatic carbocycles. The molecule has 0 heterocycles. The molecule has 0 unspecified atom stereocenters. The molecule has 0 amide bonds. The zero-order valence-electron chi connectivity index (χ0n) is 64.1. The zero-order valence-corrected chi connectivity index (χ0v) is 64.1. The first-order valence-corrected chi connectivity index (χ1v) is 34.9. The number of carbonyl (C=O) groups is 8. The molecule has 0 radical (unpaired) electrons. The van der Waals surface area contributed by atoms with Gasteiger partial charge in [-0.3, -0.25) is 0 Å². The van der Waals surface area contributed by atoms with Crippen molar-refractivity contribution < 1.29 is 79.2 Å². The van der Waals surface area contributed by atoms with E-state index in [9.17, 15) is 74.1 Å². The van der Waals surface area contributed by atoms with E-state index in [0.717, 1.165) is 177 Å². The van der Waals surface area contributed by atoms with Crippen LogP contribution in [0.2, 0.25) is 0 Å². The van der Waals surface area contributed by atoms with E-state index in [1.54, 1.807) is 60.7 Å². The number of aryl methyl sites for hydroxylation is 8. The number of carbonyl (C=O) groups excluding carboxylic acids is 7. The molecule has 0 aliphatic rings. The summed E-state index contributed by atoms with van der Waals surface area (Å²) in [6, 6.07) is 33.3. The van der Waals surface area contributed by atoms with E-state index in [-0.39, 0.29) is 44.5 Å². The van der Waals surface area contributed by atoms with Gasteiger partial charge in [0.25, 0.3) is 0 Å². The molecule has 108 heavy (non-hydrogen) atoms. The van der Waals surface area contributed by atoms with Crippen LogP contribution < -0.4 is 35.7 Å². The molecule has 1 N–H and O–H groups in total. The molecule has 0 aliphatic heterocycles. The van der Waals surface area contributed by atoms with E-state index in [0.29, 0.717) is 22.3 Å². The fourth-order valence-corrected chi connectivity index (χ4v) is 15.9. The van der Waals surface area contributed by atoms with E-state index in [2.05, 4.69) is 27.7 Å². The standard InChI is InChI=1S/C32H38O4.C26H26O4.C20H14O4.C14H10O4/c1-13-14(2)26(28-19(7)23(11)30(32(35)36)24(12)20(28)8)16(4)15(3)25(13)27-17(5)21(9)29(31(33)34)22(10)18(27)6;1-9-10(2)18-14(6)22(26(29)30)16(8)20-12(4)11(3)19-15(7)21(25(27)28)13(5)17(9)23(19)24(18)20;21-19(22)17-9-5-15(6-10-17)13-1-2-14(4-3-13)16-7-11-18(12-8-16)20(23)24;15-13(16)11-5-1-9(2-6-11)10-3-7-12(8-4-10)14(17)18/h1-12H3,(H,33,34)(H,35,36);1-8H3,(H,27,28)(H,29,30);1-12H,(H,21,22)(H,23,24);1-8H,(H,15,16)(H,17,18)/p-7. The fourth-order valence-electron chi connectivity index (χ4n) is 15.9. The summed E-state index contributed by atoms with van der Waals surface area (Å²) in [6.45, 7) is 39.1. The van der Waals surface area contributed by atoms with Crippen molar-refractivity contribution in [3.05, 3.63) is 277 Å². The van der Waals surface area contributed by atoms with Crippen molar-refractivity contribution >= 4 is 80.1 Å². The molecule has 0 saturated heterocycles. The summed E-state index contributed by atoms with van der Waals surface area (Å²) >= 11 is 0. The molecule has 12 aromatic rings. The van der Waals surface area contributed by atoms with Gasteiger partial charge in [-0.25, -0.2) is 4.79 Å². The van der Waals surface area contributed by atoms with Gasteiger partial charge in [-0.05, 0) is 367 Å². The Labute approximate surface area is 627 Å². The van der Waals surface area contributed by atoms with Crippen molar-refractivity contribution in [1.82, 2.24) is 0 Å². The second-order valence-electron chi connectivity index (χ2n) is 28.0. The summed E-state index contributed by atoms with van der Waals surface area (Å²) in [4.78, 5) is 90.6. The fraction of sp³-hybridized carbons (Fsp3) is 0.217. The van der Waals surface area contributed by atoms with E-state index in [4.69, 9.17) is 5.11 Å². The molecule has 0 saturated carbocycles. The van der Waals surface area contributed by atoms with Gasteiger partial charge in [-0.2, -0.15) is 0 Å². The predicted molar refractivity (Wildman–Crippen MR) is 409 cm³/mol. The first-order chi connectivity index (χ1) is 50.6. The lowest BCUT2D eigenvalue weighted by Crippen LogP contribution is -2.26. The highest BCUT2D eigenvalue weighted by atomic mass is 16.4. The Morgan fingerprint density at radius 1 is 0.185 bits per heavy atom. The highest BCUT2D eigenvalue weighted by molar-refractivity contribution is 6.31. The molecule has 12 rings (SSSR count). The van der Waals surface area contributed by atoms with Crippen molar-refractivity contribution in [3.63, 3.8) is 0 Å². The van der Waals surface area contributed by atoms with Crippen LogP contribution in [0.1, 0.15) is 194 Å². The Kier molecular flexibility index (Phi) is 22.7. The van der Waals surface area contributed by atoms with Crippen LogP contribution in [0.3, 0.4) is 0 Å². The summed E-state index contributed by atoms with van der Waals surface area (Å²) < 4.78 is 0. The smallest absolute Gasteiger partial charge is 0.335 e. The Morgan fingerprint density at radius 3 is 0.491 bits per heavy atom. The van der Waals surface area contributed by atoms with Gasteiger partial charge in [0, 0.05) is 22.3 Å². The van der Waals surface area contributed by atoms with Gasteiger partial charge < -0.3 is 74.4 Å². The first kappa shape index (κ1) is 79.6. The van der Waals surface area contributed by atoms with Crippen LogP contribution >= 0.6 is 0 Å². The second kappa shape index (κ2) is 30.9. The molecule has 12 aromatic carbocycles. The zero-order chi connectivity index (χ0) is 80.2. The number of hydrogen-bond donors (Lipinski definition) is 1. The second-order valence-corrected chi connectivity index (χ2v) is 28.0. The summed E-state index contributed by atoms with van der Waals surface area (Å²) in [7, 11) is 0. The molecule has 16 heteroatoms. The maximum Gasteiger partial charge on any atom is 0.335 e. The van der Waals surface area contributed by atoms with Crippen LogP contribution in [0.5, 0.6) is 0 Å². The van der Waals surface area contributed by atoms with Gasteiger partial charge >= 0.3 is 5.97 Å². The highest BCUT2D eigenvalue weighted by Gasteiger charge is 2.29. The first-order valence-electron chi connectivity index (χ1n) is 34.9. The predicted octanol–water partition coefficient (Wildman–Crippen LogP) is 12.4. The number of aromatic carboxylic acids is 8. The minimum atomic E-state index is -1.23. The van der Waals surface area contributed by atoms with Gasteiger partial charge in [-0.1, -0.05) is 109 Å². The van der Waals surface area contributed by atoms with Crippen molar-refractivity contribution in [3.8, 4) is 55.6 Å². The molecular weight excluding hydrogens is 1360 g/mol. The lowest BCUT2D eigenvalue weighted by molar-refractivity contribution is -0.256. The molecule has 16 nitrogen and oxygen atoms in total. The number of carboxylic acids is 8. The van der Waals surface area contributed by atoms with Crippen molar-refractivity contribution in [2.75, 3.05) is 0 Å². The average Bonchev–Trinajstić information content (AvgIpc) is 0.687. The van der Waals surface area contributed by atoms with Crippen LogP contribution in [0, 0.1) is 138 Å². The molecule has 552 valence electrons. The Balaban J connectivity index is 0.000000171. The lowest BCUT2D eigenvalue weighted by Gasteiger charge is -2.28. The Bertz CT molecular complexity index is 5260. The Morgan fingerprint density at radius 2 is 0.333 bits per heavy atom. The summed E-state index contributed by atoms with van der Waals surface area (Å²) in [5, 5.41) is 94.4. The lowest BCUT2D eigenvalue weighted by atomic mass is 9.76. The van der Waals surface area contributed by atoms with Crippen LogP contribution in [-0.4, -0.2) is 52.9 Å². The number of benzene rings is 12. The minimum absolute atomic E-state index is 0.102. The van der Waals surface area contributed by atoms with Crippen LogP contribution in [-0.2, 0) is 0 Å². The molecular formula is C92H81O16-7. The maximum atomic E-state index is 12.0. The third-order valence-corrected chi connectivity index (χ3v) is 22.4. The van der Waals surface area contributed by atoms with E-state index in [1.165, 1.54) is 36.4 Å². The van der Waals surface area contributed by atoms with Crippen LogP contribution in [0.15, 0.2) is 121 Å². The van der Waals surface area contributed by atoms with Gasteiger partial charge in [0.15, 0.2) is 0 Å². The maximum absolute atomic E-state index is 12.0. The molecule has 0 atom stereocenters. The monoisotopic (exact) mass is 1440 g/mol. The number of rotatable bonds is 13. The van der Waals surface area contributed by atoms with E-state index >= 15 is 0 Å². The summed E-state index contributed by atoms with van der Waals surface area (Å²) in [6.07, 6.45) is 0. The summed E-state index contributed by atoms with van der Waals surface area (Å²) in [5.74, 6) is -9.22. The largest absolute Gasteiger partial charge is 0.545 e. The minimum Gasteiger partial charge on any atom is -0.545 e. The topological polar surface area (TPSA) is 318 Å². The van der Waals surface area contributed by atoms with Gasteiger partial charge in [0.05, 0.1) is 47.3 Å².